The molecule has 9 nitrogen and oxygen atoms in total. The summed E-state index contributed by atoms with van der Waals surface area (Å²) in [5, 5.41) is 18.6. The van der Waals surface area contributed by atoms with Crippen molar-refractivity contribution in [3.63, 3.8) is 0 Å². The normalized spacial score (nSPS) is 10.6. The van der Waals surface area contributed by atoms with Crippen LogP contribution < -0.4 is 4.74 Å². The standard InChI is InChI=1S/C19H14N6O3/c1-13-11-18(22-19(21-13)14-5-7-15(8-6-14)25(26)27)28-17-4-2-3-16(12-17)24-10-9-20-23-24/h2-12H,1H3. The molecule has 28 heavy (non-hydrogen) atoms. The predicted octanol–water partition coefficient (Wildman–Crippen LogP) is 3.73. The minimum absolute atomic E-state index is 0.0119. The van der Waals surface area contributed by atoms with Gasteiger partial charge in [-0.15, -0.1) is 5.10 Å². The summed E-state index contributed by atoms with van der Waals surface area (Å²) < 4.78 is 7.53. The molecular weight excluding hydrogens is 360 g/mol. The minimum atomic E-state index is -0.447. The zero-order valence-corrected chi connectivity index (χ0v) is 14.8. The number of nitrogens with zero attached hydrogens (tertiary/aromatic N) is 6. The van der Waals surface area contributed by atoms with Gasteiger partial charge in [0.05, 0.1) is 23.0 Å². The lowest BCUT2D eigenvalue weighted by Gasteiger charge is -2.09. The monoisotopic (exact) mass is 374 g/mol. The predicted molar refractivity (Wildman–Crippen MR) is 100 cm³/mol. The van der Waals surface area contributed by atoms with Gasteiger partial charge in [-0.25, -0.2) is 9.67 Å². The van der Waals surface area contributed by atoms with Gasteiger partial charge < -0.3 is 4.74 Å². The van der Waals surface area contributed by atoms with Gasteiger partial charge in [0.25, 0.3) is 5.69 Å². The van der Waals surface area contributed by atoms with E-state index in [1.807, 2.05) is 31.2 Å². The lowest BCUT2D eigenvalue weighted by Crippen LogP contribution is -1.98. The number of ether oxygens (including phenoxy) is 1. The van der Waals surface area contributed by atoms with Crippen LogP contribution in [0.3, 0.4) is 0 Å². The number of aryl methyl sites for hydroxylation is 1. The van der Waals surface area contributed by atoms with Crippen LogP contribution >= 0.6 is 0 Å². The number of non-ortho nitro benzene ring substituents is 1. The maximum atomic E-state index is 10.8. The van der Waals surface area contributed by atoms with Crippen molar-refractivity contribution in [2.75, 3.05) is 0 Å². The molecule has 0 atom stereocenters. The van der Waals surface area contributed by atoms with Crippen molar-refractivity contribution in [1.29, 1.82) is 0 Å². The van der Waals surface area contributed by atoms with Crippen molar-refractivity contribution < 1.29 is 9.66 Å². The van der Waals surface area contributed by atoms with Crippen LogP contribution in [0, 0.1) is 17.0 Å². The van der Waals surface area contributed by atoms with Gasteiger partial charge in [0.15, 0.2) is 5.82 Å². The summed E-state index contributed by atoms with van der Waals surface area (Å²) in [6.45, 7) is 1.83. The number of rotatable bonds is 5. The molecule has 0 radical (unpaired) electrons. The largest absolute Gasteiger partial charge is 0.439 e. The molecule has 2 aromatic carbocycles. The van der Waals surface area contributed by atoms with Crippen LogP contribution in [0.15, 0.2) is 67.0 Å². The van der Waals surface area contributed by atoms with Crippen LogP contribution in [0.1, 0.15) is 5.69 Å². The van der Waals surface area contributed by atoms with Crippen molar-refractivity contribution in [2.24, 2.45) is 0 Å². The fourth-order valence-corrected chi connectivity index (χ4v) is 2.61. The second-order valence-corrected chi connectivity index (χ2v) is 5.92. The van der Waals surface area contributed by atoms with Gasteiger partial charge in [-0.05, 0) is 31.2 Å². The van der Waals surface area contributed by atoms with Crippen LogP contribution in [-0.4, -0.2) is 29.9 Å². The SMILES string of the molecule is Cc1cc(Oc2cccc(-n3ccnn3)c2)nc(-c2ccc([N+](=O)[O-])cc2)n1. The van der Waals surface area contributed by atoms with Gasteiger partial charge in [0.1, 0.15) is 5.75 Å². The fourth-order valence-electron chi connectivity index (χ4n) is 2.61. The van der Waals surface area contributed by atoms with E-state index in [1.54, 1.807) is 35.3 Å². The Morgan fingerprint density at radius 1 is 1.07 bits per heavy atom. The molecule has 0 aliphatic rings. The van der Waals surface area contributed by atoms with E-state index in [-0.39, 0.29) is 5.69 Å². The molecule has 2 aromatic heterocycles. The highest BCUT2D eigenvalue weighted by atomic mass is 16.6. The maximum Gasteiger partial charge on any atom is 0.269 e. The van der Waals surface area contributed by atoms with E-state index in [9.17, 15) is 10.1 Å². The average Bonchev–Trinajstić information content (AvgIpc) is 3.23. The number of nitro benzene ring substituents is 1. The smallest absolute Gasteiger partial charge is 0.269 e. The van der Waals surface area contributed by atoms with Crippen molar-refractivity contribution in [2.45, 2.75) is 6.92 Å². The highest BCUT2D eigenvalue weighted by Gasteiger charge is 2.10. The van der Waals surface area contributed by atoms with Crippen molar-refractivity contribution in [1.82, 2.24) is 25.0 Å². The minimum Gasteiger partial charge on any atom is -0.439 e. The highest BCUT2D eigenvalue weighted by Crippen LogP contribution is 2.26. The Morgan fingerprint density at radius 2 is 1.89 bits per heavy atom. The van der Waals surface area contributed by atoms with Crippen LogP contribution in [0.4, 0.5) is 5.69 Å². The molecular formula is C19H14N6O3. The van der Waals surface area contributed by atoms with Crippen molar-refractivity contribution in [3.8, 4) is 28.7 Å². The van der Waals surface area contributed by atoms with Gasteiger partial charge >= 0.3 is 0 Å². The lowest BCUT2D eigenvalue weighted by molar-refractivity contribution is -0.384. The number of benzene rings is 2. The van der Waals surface area contributed by atoms with E-state index in [2.05, 4.69) is 20.3 Å². The molecule has 0 saturated heterocycles. The van der Waals surface area contributed by atoms with E-state index in [0.29, 0.717) is 28.7 Å². The second-order valence-electron chi connectivity index (χ2n) is 5.92. The molecule has 9 heteroatoms. The first kappa shape index (κ1) is 17.3. The number of hydrogen-bond acceptors (Lipinski definition) is 7. The molecule has 4 rings (SSSR count). The third kappa shape index (κ3) is 3.68. The summed E-state index contributed by atoms with van der Waals surface area (Å²) in [6, 6.07) is 15.1. The highest BCUT2D eigenvalue weighted by molar-refractivity contribution is 5.58. The quantitative estimate of drug-likeness (QED) is 0.387. The topological polar surface area (TPSA) is 109 Å². The lowest BCUT2D eigenvalue weighted by atomic mass is 10.2. The van der Waals surface area contributed by atoms with Gasteiger partial charge in [0, 0.05) is 35.5 Å². The third-order valence-corrected chi connectivity index (χ3v) is 3.89. The molecule has 0 N–H and O–H groups in total. The van der Waals surface area contributed by atoms with Gasteiger partial charge in [-0.3, -0.25) is 10.1 Å². The Morgan fingerprint density at radius 3 is 2.61 bits per heavy atom. The first-order chi connectivity index (χ1) is 13.6. The molecule has 4 aromatic rings. The van der Waals surface area contributed by atoms with E-state index in [0.717, 1.165) is 5.69 Å². The zero-order chi connectivity index (χ0) is 19.5. The summed E-state index contributed by atoms with van der Waals surface area (Å²) in [5.41, 5.74) is 2.19. The van der Waals surface area contributed by atoms with E-state index < -0.39 is 4.92 Å². The molecule has 0 aliphatic carbocycles. The van der Waals surface area contributed by atoms with Gasteiger partial charge in [0.2, 0.25) is 5.88 Å². The number of hydrogen-bond donors (Lipinski definition) is 0. The summed E-state index contributed by atoms with van der Waals surface area (Å²) in [5.74, 6) is 1.38. The molecule has 0 fully saturated rings. The Hall–Kier alpha value is -4.14. The molecule has 2 heterocycles. The molecule has 0 bridgehead atoms. The summed E-state index contributed by atoms with van der Waals surface area (Å²) in [6.07, 6.45) is 3.33. The van der Waals surface area contributed by atoms with Crippen molar-refractivity contribution >= 4 is 5.69 Å². The van der Waals surface area contributed by atoms with Crippen LogP contribution in [0.2, 0.25) is 0 Å². The number of nitro groups is 1. The molecule has 0 saturated carbocycles. The van der Waals surface area contributed by atoms with Gasteiger partial charge in [-0.2, -0.15) is 4.98 Å². The van der Waals surface area contributed by atoms with E-state index >= 15 is 0 Å². The summed E-state index contributed by atoms with van der Waals surface area (Å²) in [4.78, 5) is 19.2. The fraction of sp³-hybridized carbons (Fsp3) is 0.0526. The summed E-state index contributed by atoms with van der Waals surface area (Å²) >= 11 is 0. The molecule has 0 unspecified atom stereocenters. The molecule has 0 amide bonds. The molecule has 0 aliphatic heterocycles. The van der Waals surface area contributed by atoms with E-state index in [1.165, 1.54) is 12.1 Å². The maximum absolute atomic E-state index is 10.8. The second kappa shape index (κ2) is 7.23. The first-order valence-corrected chi connectivity index (χ1v) is 8.33. The Balaban J connectivity index is 1.63. The Kier molecular flexibility index (Phi) is 4.47. The van der Waals surface area contributed by atoms with Crippen molar-refractivity contribution in [3.05, 3.63) is 82.8 Å². The summed E-state index contributed by atoms with van der Waals surface area (Å²) in [7, 11) is 0. The third-order valence-electron chi connectivity index (χ3n) is 3.89. The Bertz CT molecular complexity index is 1130. The zero-order valence-electron chi connectivity index (χ0n) is 14.8. The van der Waals surface area contributed by atoms with Crippen LogP contribution in [-0.2, 0) is 0 Å². The van der Waals surface area contributed by atoms with E-state index in [4.69, 9.17) is 4.74 Å². The molecule has 0 spiro atoms. The van der Waals surface area contributed by atoms with Gasteiger partial charge in [-0.1, -0.05) is 11.3 Å². The molecule has 138 valence electrons. The van der Waals surface area contributed by atoms with Crippen LogP contribution in [0.25, 0.3) is 17.1 Å². The first-order valence-electron chi connectivity index (χ1n) is 8.33. The Labute approximate surface area is 159 Å². The number of aromatic nitrogens is 5. The van der Waals surface area contributed by atoms with Crippen LogP contribution in [0.5, 0.6) is 11.6 Å². The average molecular weight is 374 g/mol.